The topological polar surface area (TPSA) is 67.6 Å². The third-order valence-electron chi connectivity index (χ3n) is 3.34. The number of alkyl halides is 3. The summed E-state index contributed by atoms with van der Waals surface area (Å²) in [6.45, 7) is 0. The van der Waals surface area contributed by atoms with Crippen LogP contribution in [0.25, 0.3) is 11.3 Å². The summed E-state index contributed by atoms with van der Waals surface area (Å²) in [5, 5.41) is 0. The molecule has 0 aliphatic heterocycles. The molecule has 1 aliphatic carbocycles. The van der Waals surface area contributed by atoms with Crippen LogP contribution in [-0.2, 0) is 12.6 Å². The fraction of sp³-hybridized carbons (Fsp3) is 0.385. The summed E-state index contributed by atoms with van der Waals surface area (Å²) in [5.74, 6) is 0.941. The molecule has 0 aromatic carbocycles. The predicted molar refractivity (Wildman–Crippen MR) is 67.7 cm³/mol. The van der Waals surface area contributed by atoms with Crippen molar-refractivity contribution in [3.8, 4) is 11.3 Å². The van der Waals surface area contributed by atoms with Crippen molar-refractivity contribution in [1.29, 1.82) is 0 Å². The molecule has 2 aromatic heterocycles. The fourth-order valence-electron chi connectivity index (χ4n) is 2.06. The number of nitrogens with two attached hydrogens (primary N) is 1. The van der Waals surface area contributed by atoms with Gasteiger partial charge in [-0.25, -0.2) is 9.97 Å². The minimum Gasteiger partial charge on any atom is -0.383 e. The number of nitrogen functional groups attached to an aromatic ring is 1. The highest BCUT2D eigenvalue weighted by atomic mass is 19.4. The molecular formula is C13H13F3N4. The number of H-pyrrole nitrogens is 1. The summed E-state index contributed by atoms with van der Waals surface area (Å²) in [7, 11) is 0. The van der Waals surface area contributed by atoms with E-state index >= 15 is 0 Å². The zero-order chi connectivity index (χ0) is 14.3. The van der Waals surface area contributed by atoms with Crippen LogP contribution in [-0.4, -0.2) is 15.0 Å². The third kappa shape index (κ3) is 2.61. The first kappa shape index (κ1) is 13.0. The lowest BCUT2D eigenvalue weighted by Gasteiger charge is -2.10. The average molecular weight is 282 g/mol. The van der Waals surface area contributed by atoms with E-state index in [1.807, 2.05) is 0 Å². The first-order valence-corrected chi connectivity index (χ1v) is 6.30. The number of imidazole rings is 1. The molecule has 4 nitrogen and oxygen atoms in total. The number of aromatic amines is 1. The molecule has 0 atom stereocenters. The second-order valence-electron chi connectivity index (χ2n) is 5.05. The Morgan fingerprint density at radius 1 is 1.25 bits per heavy atom. The van der Waals surface area contributed by atoms with Gasteiger partial charge in [0.05, 0.1) is 17.5 Å². The fourth-order valence-corrected chi connectivity index (χ4v) is 2.06. The van der Waals surface area contributed by atoms with Crippen molar-refractivity contribution in [3.05, 3.63) is 29.8 Å². The van der Waals surface area contributed by atoms with Crippen molar-refractivity contribution in [2.75, 3.05) is 5.73 Å². The van der Waals surface area contributed by atoms with E-state index in [4.69, 9.17) is 5.73 Å². The third-order valence-corrected chi connectivity index (χ3v) is 3.34. The zero-order valence-electron chi connectivity index (χ0n) is 10.5. The van der Waals surface area contributed by atoms with Crippen molar-refractivity contribution in [3.63, 3.8) is 0 Å². The monoisotopic (exact) mass is 282 g/mol. The Bertz CT molecular complexity index is 629. The van der Waals surface area contributed by atoms with Gasteiger partial charge in [0.25, 0.3) is 0 Å². The minimum absolute atomic E-state index is 0.334. The number of hydrogen-bond donors (Lipinski definition) is 2. The molecule has 0 unspecified atom stereocenters. The van der Waals surface area contributed by atoms with Crippen LogP contribution in [0.5, 0.6) is 0 Å². The summed E-state index contributed by atoms with van der Waals surface area (Å²) < 4.78 is 38.4. The van der Waals surface area contributed by atoms with Crippen LogP contribution in [0.1, 0.15) is 24.2 Å². The second kappa shape index (κ2) is 4.50. The van der Waals surface area contributed by atoms with Gasteiger partial charge in [-0.15, -0.1) is 0 Å². The van der Waals surface area contributed by atoms with E-state index in [2.05, 4.69) is 15.0 Å². The summed E-state index contributed by atoms with van der Waals surface area (Å²) in [4.78, 5) is 10.8. The van der Waals surface area contributed by atoms with Crippen LogP contribution in [0.4, 0.5) is 19.0 Å². The first-order valence-electron chi connectivity index (χ1n) is 6.30. The Labute approximate surface area is 113 Å². The summed E-state index contributed by atoms with van der Waals surface area (Å²) >= 11 is 0. The molecule has 1 fully saturated rings. The van der Waals surface area contributed by atoms with Crippen molar-refractivity contribution in [2.24, 2.45) is 5.92 Å². The lowest BCUT2D eigenvalue weighted by atomic mass is 10.1. The molecule has 0 amide bonds. The van der Waals surface area contributed by atoms with Crippen molar-refractivity contribution < 1.29 is 13.2 Å². The first-order chi connectivity index (χ1) is 9.43. The van der Waals surface area contributed by atoms with Gasteiger partial charge in [-0.05, 0) is 24.8 Å². The van der Waals surface area contributed by atoms with Gasteiger partial charge in [0.1, 0.15) is 11.6 Å². The summed E-state index contributed by atoms with van der Waals surface area (Å²) in [6, 6.07) is 0.997. The van der Waals surface area contributed by atoms with Crippen LogP contribution >= 0.6 is 0 Å². The molecule has 1 saturated carbocycles. The lowest BCUT2D eigenvalue weighted by Crippen LogP contribution is -2.10. The molecule has 2 heterocycles. The van der Waals surface area contributed by atoms with Crippen LogP contribution in [0.2, 0.25) is 0 Å². The van der Waals surface area contributed by atoms with Gasteiger partial charge in [-0.3, -0.25) is 0 Å². The molecule has 3 N–H and O–H groups in total. The molecule has 2 aromatic rings. The normalized spacial score (nSPS) is 15.6. The highest BCUT2D eigenvalue weighted by Crippen LogP contribution is 2.35. The maximum atomic E-state index is 12.8. The van der Waals surface area contributed by atoms with Crippen LogP contribution in [0.3, 0.4) is 0 Å². The largest absolute Gasteiger partial charge is 0.419 e. The highest BCUT2D eigenvalue weighted by Gasteiger charge is 2.34. The number of anilines is 1. The van der Waals surface area contributed by atoms with Gasteiger partial charge in [0, 0.05) is 18.2 Å². The maximum absolute atomic E-state index is 12.8. The molecule has 0 saturated heterocycles. The van der Waals surface area contributed by atoms with Crippen LogP contribution in [0.15, 0.2) is 18.5 Å². The smallest absolute Gasteiger partial charge is 0.383 e. The number of aromatic nitrogens is 3. The number of nitrogens with zero attached hydrogens (tertiary/aromatic N) is 2. The Morgan fingerprint density at radius 2 is 2.00 bits per heavy atom. The Hall–Kier alpha value is -2.05. The average Bonchev–Trinajstić information content (AvgIpc) is 3.05. The van der Waals surface area contributed by atoms with E-state index in [-0.39, 0.29) is 0 Å². The Kier molecular flexibility index (Phi) is 2.92. The van der Waals surface area contributed by atoms with Gasteiger partial charge in [0.2, 0.25) is 0 Å². The van der Waals surface area contributed by atoms with Crippen molar-refractivity contribution in [2.45, 2.75) is 25.4 Å². The standard InChI is InChI=1S/C13H13F3N4/c14-13(15,16)9-4-8(5-19-12(9)17)10-6-18-11(20-10)3-7-1-2-7/h4-7H,1-3H2,(H2,17,19)(H,18,20). The maximum Gasteiger partial charge on any atom is 0.419 e. The quantitative estimate of drug-likeness (QED) is 0.909. The molecule has 7 heteroatoms. The molecule has 0 bridgehead atoms. The summed E-state index contributed by atoms with van der Waals surface area (Å²) in [5.41, 5.74) is 5.21. The van der Waals surface area contributed by atoms with E-state index < -0.39 is 17.6 Å². The van der Waals surface area contributed by atoms with Crippen LogP contribution in [0, 0.1) is 5.92 Å². The Morgan fingerprint density at radius 3 is 2.65 bits per heavy atom. The van der Waals surface area contributed by atoms with Gasteiger partial charge in [-0.1, -0.05) is 0 Å². The molecular weight excluding hydrogens is 269 g/mol. The molecule has 0 spiro atoms. The van der Waals surface area contributed by atoms with E-state index in [9.17, 15) is 13.2 Å². The second-order valence-corrected chi connectivity index (χ2v) is 5.05. The molecule has 3 rings (SSSR count). The van der Waals surface area contributed by atoms with Crippen molar-refractivity contribution in [1.82, 2.24) is 15.0 Å². The van der Waals surface area contributed by atoms with Gasteiger partial charge in [0.15, 0.2) is 0 Å². The number of halogens is 3. The summed E-state index contributed by atoms with van der Waals surface area (Å²) in [6.07, 6.45) is 1.57. The van der Waals surface area contributed by atoms with E-state index in [0.717, 1.165) is 18.3 Å². The Balaban J connectivity index is 1.91. The van der Waals surface area contributed by atoms with Gasteiger partial charge in [-0.2, -0.15) is 13.2 Å². The van der Waals surface area contributed by atoms with E-state index in [0.29, 0.717) is 17.2 Å². The van der Waals surface area contributed by atoms with E-state index in [1.165, 1.54) is 25.2 Å². The van der Waals surface area contributed by atoms with E-state index in [1.54, 1.807) is 0 Å². The zero-order valence-corrected chi connectivity index (χ0v) is 10.5. The SMILES string of the molecule is Nc1ncc(-c2cnc(CC3CC3)[nH]2)cc1C(F)(F)F. The van der Waals surface area contributed by atoms with Crippen LogP contribution < -0.4 is 5.73 Å². The number of pyridine rings is 1. The van der Waals surface area contributed by atoms with Gasteiger partial charge >= 0.3 is 6.18 Å². The minimum atomic E-state index is -4.51. The van der Waals surface area contributed by atoms with Crippen molar-refractivity contribution >= 4 is 5.82 Å². The molecule has 1 aliphatic rings. The molecule has 20 heavy (non-hydrogen) atoms. The molecule has 106 valence electrons. The number of hydrogen-bond acceptors (Lipinski definition) is 3. The lowest BCUT2D eigenvalue weighted by molar-refractivity contribution is -0.137. The number of rotatable bonds is 3. The number of nitrogens with one attached hydrogen (secondary N) is 1. The molecule has 0 radical (unpaired) electrons. The van der Waals surface area contributed by atoms with Gasteiger partial charge < -0.3 is 10.7 Å². The highest BCUT2D eigenvalue weighted by molar-refractivity contribution is 5.61. The predicted octanol–water partition coefficient (Wildman–Crippen LogP) is 3.03.